The minimum absolute atomic E-state index is 0.440. The standard InChI is InChI=1S/C24H24ClN5O4/c1-24(16-6-10-18(34-3)11-7-16)22(32)30(23(33)28-24)14-19(31)27-20(21-26-12-13-29(21)2)15-4-8-17(25)9-5-15/h4-13,20H,14H2,1-3H3,(H,27,31)(H,28,33)/t20-,24-/m0/s1. The molecule has 2 N–H and O–H groups in total. The summed E-state index contributed by atoms with van der Waals surface area (Å²) < 4.78 is 6.94. The van der Waals surface area contributed by atoms with Gasteiger partial charge < -0.3 is 19.9 Å². The quantitative estimate of drug-likeness (QED) is 0.505. The van der Waals surface area contributed by atoms with E-state index in [-0.39, 0.29) is 0 Å². The SMILES string of the molecule is COc1ccc([C@]2(C)NC(=O)N(CC(=O)N[C@@H](c3ccc(Cl)cc3)c3nccn3C)C2=O)cc1. The van der Waals surface area contributed by atoms with Crippen molar-refractivity contribution in [3.05, 3.63) is 82.9 Å². The molecule has 1 aliphatic heterocycles. The van der Waals surface area contributed by atoms with Crippen LogP contribution in [0.15, 0.2) is 60.9 Å². The summed E-state index contributed by atoms with van der Waals surface area (Å²) in [7, 11) is 3.36. The third kappa shape index (κ3) is 4.34. The maximum atomic E-state index is 13.2. The van der Waals surface area contributed by atoms with Crippen LogP contribution in [0.3, 0.4) is 0 Å². The van der Waals surface area contributed by atoms with Gasteiger partial charge in [-0.1, -0.05) is 35.9 Å². The molecule has 2 heterocycles. The number of nitrogens with zero attached hydrogens (tertiary/aromatic N) is 3. The van der Waals surface area contributed by atoms with Gasteiger partial charge in [-0.3, -0.25) is 14.5 Å². The van der Waals surface area contributed by atoms with Crippen molar-refractivity contribution < 1.29 is 19.1 Å². The second-order valence-electron chi connectivity index (χ2n) is 8.12. The number of urea groups is 1. The monoisotopic (exact) mass is 481 g/mol. The maximum Gasteiger partial charge on any atom is 0.325 e. The van der Waals surface area contributed by atoms with Crippen LogP contribution in [0.25, 0.3) is 0 Å². The third-order valence-electron chi connectivity index (χ3n) is 5.87. The van der Waals surface area contributed by atoms with Crippen LogP contribution in [-0.2, 0) is 22.2 Å². The van der Waals surface area contributed by atoms with Crippen LogP contribution >= 0.6 is 11.6 Å². The molecule has 1 aliphatic rings. The van der Waals surface area contributed by atoms with Crippen LogP contribution in [0.5, 0.6) is 5.75 Å². The molecule has 4 rings (SSSR count). The third-order valence-corrected chi connectivity index (χ3v) is 6.12. The van der Waals surface area contributed by atoms with Gasteiger partial charge in [0.1, 0.15) is 29.7 Å². The molecule has 0 unspecified atom stereocenters. The van der Waals surface area contributed by atoms with Crippen LogP contribution < -0.4 is 15.4 Å². The van der Waals surface area contributed by atoms with Gasteiger partial charge >= 0.3 is 6.03 Å². The van der Waals surface area contributed by atoms with Crippen molar-refractivity contribution in [2.75, 3.05) is 13.7 Å². The summed E-state index contributed by atoms with van der Waals surface area (Å²) >= 11 is 6.01. The molecule has 0 bridgehead atoms. The van der Waals surface area contributed by atoms with Crippen molar-refractivity contribution in [1.29, 1.82) is 0 Å². The molecule has 1 fully saturated rings. The number of methoxy groups -OCH3 is 1. The van der Waals surface area contributed by atoms with E-state index in [1.165, 1.54) is 0 Å². The lowest BCUT2D eigenvalue weighted by atomic mass is 9.92. The van der Waals surface area contributed by atoms with E-state index in [2.05, 4.69) is 15.6 Å². The largest absolute Gasteiger partial charge is 0.497 e. The molecule has 176 valence electrons. The number of imide groups is 1. The Kier molecular flexibility index (Phi) is 6.30. The molecule has 1 saturated heterocycles. The number of hydrogen-bond acceptors (Lipinski definition) is 5. The number of rotatable bonds is 7. The first-order valence-corrected chi connectivity index (χ1v) is 10.9. The molecule has 34 heavy (non-hydrogen) atoms. The molecule has 9 nitrogen and oxygen atoms in total. The van der Waals surface area contributed by atoms with E-state index < -0.39 is 36.0 Å². The van der Waals surface area contributed by atoms with Gasteiger partial charge in [-0.25, -0.2) is 9.78 Å². The number of amides is 4. The number of halogens is 1. The van der Waals surface area contributed by atoms with Gasteiger partial charge in [0.25, 0.3) is 5.91 Å². The normalized spacial score (nSPS) is 18.5. The van der Waals surface area contributed by atoms with Crippen molar-refractivity contribution in [3.63, 3.8) is 0 Å². The zero-order valence-corrected chi connectivity index (χ0v) is 19.7. The predicted molar refractivity (Wildman–Crippen MR) is 125 cm³/mol. The fourth-order valence-corrected chi connectivity index (χ4v) is 4.04. The number of hydrogen-bond donors (Lipinski definition) is 2. The second-order valence-corrected chi connectivity index (χ2v) is 8.56. The Hall–Kier alpha value is -3.85. The van der Waals surface area contributed by atoms with Gasteiger partial charge in [0, 0.05) is 24.5 Å². The zero-order chi connectivity index (χ0) is 24.5. The van der Waals surface area contributed by atoms with Gasteiger partial charge in [-0.05, 0) is 42.3 Å². The predicted octanol–water partition coefficient (Wildman–Crippen LogP) is 2.75. The topological polar surface area (TPSA) is 106 Å². The van der Waals surface area contributed by atoms with E-state index in [9.17, 15) is 14.4 Å². The summed E-state index contributed by atoms with van der Waals surface area (Å²) in [4.78, 5) is 44.1. The summed E-state index contributed by atoms with van der Waals surface area (Å²) in [5.41, 5.74) is 0.0488. The van der Waals surface area contributed by atoms with Crippen LogP contribution in [-0.4, -0.2) is 46.0 Å². The average Bonchev–Trinajstić information content (AvgIpc) is 3.34. The number of carbonyl (C=O) groups is 3. The van der Waals surface area contributed by atoms with E-state index in [1.54, 1.807) is 79.5 Å². The number of imidazole rings is 1. The number of benzene rings is 2. The van der Waals surface area contributed by atoms with Crippen molar-refractivity contribution in [1.82, 2.24) is 25.1 Å². The average molecular weight is 482 g/mol. The van der Waals surface area contributed by atoms with E-state index in [4.69, 9.17) is 16.3 Å². The minimum Gasteiger partial charge on any atom is -0.497 e. The highest BCUT2D eigenvalue weighted by Gasteiger charge is 2.49. The first-order chi connectivity index (χ1) is 16.2. The molecule has 10 heteroatoms. The fourth-order valence-electron chi connectivity index (χ4n) is 3.92. The zero-order valence-electron chi connectivity index (χ0n) is 18.9. The minimum atomic E-state index is -1.29. The van der Waals surface area contributed by atoms with E-state index in [1.807, 2.05) is 7.05 Å². The molecule has 3 aromatic rings. The first-order valence-electron chi connectivity index (χ1n) is 10.5. The van der Waals surface area contributed by atoms with E-state index in [0.29, 0.717) is 22.2 Å². The van der Waals surface area contributed by atoms with Gasteiger partial charge in [-0.2, -0.15) is 0 Å². The molecule has 1 aromatic heterocycles. The summed E-state index contributed by atoms with van der Waals surface area (Å²) in [6.07, 6.45) is 3.39. The lowest BCUT2D eigenvalue weighted by molar-refractivity contribution is -0.135. The number of nitrogens with one attached hydrogen (secondary N) is 2. The molecule has 0 spiro atoms. The summed E-state index contributed by atoms with van der Waals surface area (Å²) in [5, 5.41) is 6.15. The molecular formula is C24H24ClN5O4. The lowest BCUT2D eigenvalue weighted by Crippen LogP contribution is -2.44. The number of ether oxygens (including phenoxy) is 1. The Morgan fingerprint density at radius 2 is 1.85 bits per heavy atom. The van der Waals surface area contributed by atoms with Crippen molar-refractivity contribution in [2.24, 2.45) is 7.05 Å². The highest BCUT2D eigenvalue weighted by Crippen LogP contribution is 2.30. The Morgan fingerprint density at radius 3 is 2.44 bits per heavy atom. The van der Waals surface area contributed by atoms with Gasteiger partial charge in [0.2, 0.25) is 5.91 Å². The second kappa shape index (κ2) is 9.18. The van der Waals surface area contributed by atoms with Crippen LogP contribution in [0.1, 0.15) is 29.9 Å². The fraction of sp³-hybridized carbons (Fsp3) is 0.250. The Bertz CT molecular complexity index is 1220. The van der Waals surface area contributed by atoms with Gasteiger partial charge in [0.05, 0.1) is 7.11 Å². The number of aryl methyl sites for hydroxylation is 1. The Labute approximate surface area is 201 Å². The molecule has 0 saturated carbocycles. The van der Waals surface area contributed by atoms with Crippen molar-refractivity contribution in [2.45, 2.75) is 18.5 Å². The summed E-state index contributed by atoms with van der Waals surface area (Å²) in [6, 6.07) is 12.6. The maximum absolute atomic E-state index is 13.2. The summed E-state index contributed by atoms with van der Waals surface area (Å²) in [6.45, 7) is 1.17. The van der Waals surface area contributed by atoms with Crippen LogP contribution in [0, 0.1) is 0 Å². The highest BCUT2D eigenvalue weighted by atomic mass is 35.5. The Morgan fingerprint density at radius 1 is 1.18 bits per heavy atom. The molecule has 2 aromatic carbocycles. The van der Waals surface area contributed by atoms with Crippen LogP contribution in [0.4, 0.5) is 4.79 Å². The van der Waals surface area contributed by atoms with Crippen LogP contribution in [0.2, 0.25) is 5.02 Å². The highest BCUT2D eigenvalue weighted by molar-refractivity contribution is 6.30. The Balaban J connectivity index is 1.53. The van der Waals surface area contributed by atoms with Crippen molar-refractivity contribution in [3.8, 4) is 5.75 Å². The van der Waals surface area contributed by atoms with Gasteiger partial charge in [0.15, 0.2) is 0 Å². The smallest absolute Gasteiger partial charge is 0.325 e. The van der Waals surface area contributed by atoms with Crippen molar-refractivity contribution >= 4 is 29.4 Å². The van der Waals surface area contributed by atoms with E-state index >= 15 is 0 Å². The number of carbonyl (C=O) groups excluding carboxylic acids is 3. The van der Waals surface area contributed by atoms with Gasteiger partial charge in [-0.15, -0.1) is 0 Å². The lowest BCUT2D eigenvalue weighted by Gasteiger charge is -2.23. The number of aromatic nitrogens is 2. The molecule has 0 aliphatic carbocycles. The van der Waals surface area contributed by atoms with E-state index in [0.717, 1.165) is 10.5 Å². The first kappa shape index (κ1) is 23.3. The molecule has 4 amide bonds. The molecule has 2 atom stereocenters. The summed E-state index contributed by atoms with van der Waals surface area (Å²) in [5.74, 6) is 0.196. The molecule has 0 radical (unpaired) electrons. The molecular weight excluding hydrogens is 458 g/mol.